The van der Waals surface area contributed by atoms with Gasteiger partial charge in [-0.3, -0.25) is 28.8 Å². The second-order valence-electron chi connectivity index (χ2n) is 6.47. The summed E-state index contributed by atoms with van der Waals surface area (Å²) in [4.78, 5) is 69.6. The monoisotopic (exact) mass is 463 g/mol. The van der Waals surface area contributed by atoms with Crippen LogP contribution in [-0.2, 0) is 52.5 Å². The summed E-state index contributed by atoms with van der Waals surface area (Å²) in [6.07, 6.45) is -6.63. The SMILES string of the molecule is CC(=O)OC[C@H]1O[C@@H](NC(=O)CSC(C)=O)[C@H](OC(C)=O)[C@@H](OC(C)=O)[C@H]1OC(C)=O. The van der Waals surface area contributed by atoms with Gasteiger partial charge in [0.05, 0.1) is 5.75 Å². The highest BCUT2D eigenvalue weighted by molar-refractivity contribution is 8.14. The first-order valence-corrected chi connectivity index (χ1v) is 10.1. The summed E-state index contributed by atoms with van der Waals surface area (Å²) in [6, 6.07) is 0. The van der Waals surface area contributed by atoms with E-state index in [2.05, 4.69) is 5.32 Å². The van der Waals surface area contributed by atoms with Crippen molar-refractivity contribution in [2.24, 2.45) is 0 Å². The third-order valence-electron chi connectivity index (χ3n) is 3.70. The van der Waals surface area contributed by atoms with E-state index in [4.69, 9.17) is 23.7 Å². The van der Waals surface area contributed by atoms with E-state index in [9.17, 15) is 28.8 Å². The molecule has 1 fully saturated rings. The summed E-state index contributed by atoms with van der Waals surface area (Å²) >= 11 is 0.740. The van der Waals surface area contributed by atoms with Crippen molar-refractivity contribution in [3.05, 3.63) is 0 Å². The van der Waals surface area contributed by atoms with E-state index in [1.807, 2.05) is 0 Å². The largest absolute Gasteiger partial charge is 0.463 e. The molecule has 0 unspecified atom stereocenters. The lowest BCUT2D eigenvalue weighted by Crippen LogP contribution is -2.66. The fourth-order valence-corrected chi connectivity index (χ4v) is 3.13. The van der Waals surface area contributed by atoms with E-state index in [1.165, 1.54) is 6.92 Å². The molecule has 31 heavy (non-hydrogen) atoms. The molecule has 0 bridgehead atoms. The second kappa shape index (κ2) is 12.2. The Morgan fingerprint density at radius 3 is 1.77 bits per heavy atom. The van der Waals surface area contributed by atoms with Crippen molar-refractivity contribution in [3.63, 3.8) is 0 Å². The molecule has 1 saturated heterocycles. The number of rotatable bonds is 8. The molecule has 0 aliphatic carbocycles. The molecule has 0 spiro atoms. The Morgan fingerprint density at radius 1 is 0.774 bits per heavy atom. The van der Waals surface area contributed by atoms with Gasteiger partial charge in [-0.15, -0.1) is 0 Å². The average Bonchev–Trinajstić information content (AvgIpc) is 2.62. The first-order valence-electron chi connectivity index (χ1n) is 9.14. The molecule has 0 aromatic carbocycles. The average molecular weight is 463 g/mol. The van der Waals surface area contributed by atoms with E-state index in [0.29, 0.717) is 0 Å². The first kappa shape index (κ1) is 26.4. The summed E-state index contributed by atoms with van der Waals surface area (Å²) in [7, 11) is 0. The quantitative estimate of drug-likeness (QED) is 0.362. The molecule has 0 aromatic rings. The van der Waals surface area contributed by atoms with E-state index in [0.717, 1.165) is 39.5 Å². The zero-order chi connectivity index (χ0) is 23.7. The van der Waals surface area contributed by atoms with E-state index in [-0.39, 0.29) is 10.9 Å². The summed E-state index contributed by atoms with van der Waals surface area (Å²) < 4.78 is 26.3. The Balaban J connectivity index is 3.27. The third-order valence-corrected chi connectivity index (χ3v) is 4.51. The van der Waals surface area contributed by atoms with Gasteiger partial charge in [0.2, 0.25) is 5.91 Å². The van der Waals surface area contributed by atoms with Crippen LogP contribution >= 0.6 is 11.8 Å². The van der Waals surface area contributed by atoms with Crippen LogP contribution in [0.3, 0.4) is 0 Å². The Hall–Kier alpha value is -2.67. The van der Waals surface area contributed by atoms with Gasteiger partial charge in [-0.05, 0) is 0 Å². The van der Waals surface area contributed by atoms with Crippen molar-refractivity contribution in [3.8, 4) is 0 Å². The summed E-state index contributed by atoms with van der Waals surface area (Å²) in [5.41, 5.74) is 0. The first-order chi connectivity index (χ1) is 14.4. The second-order valence-corrected chi connectivity index (χ2v) is 7.62. The number of nitrogens with one attached hydrogen (secondary N) is 1. The number of esters is 4. The van der Waals surface area contributed by atoms with Gasteiger partial charge >= 0.3 is 23.9 Å². The predicted octanol–water partition coefficient (Wildman–Crippen LogP) is -0.535. The summed E-state index contributed by atoms with van der Waals surface area (Å²) in [5.74, 6) is -3.88. The maximum atomic E-state index is 12.2. The lowest BCUT2D eigenvalue weighted by atomic mass is 9.97. The van der Waals surface area contributed by atoms with Crippen LogP contribution in [-0.4, -0.2) is 77.9 Å². The molecule has 13 heteroatoms. The molecule has 1 amide bonds. The third kappa shape index (κ3) is 9.34. The number of hydrogen-bond acceptors (Lipinski definition) is 12. The Labute approximate surface area is 182 Å². The zero-order valence-corrected chi connectivity index (χ0v) is 18.5. The molecule has 0 aromatic heterocycles. The number of carbonyl (C=O) groups excluding carboxylic acids is 6. The van der Waals surface area contributed by atoms with Crippen molar-refractivity contribution in [2.45, 2.75) is 65.3 Å². The van der Waals surface area contributed by atoms with Gasteiger partial charge in [-0.2, -0.15) is 0 Å². The van der Waals surface area contributed by atoms with Crippen molar-refractivity contribution < 1.29 is 52.5 Å². The van der Waals surface area contributed by atoms with Crippen LogP contribution in [0.25, 0.3) is 0 Å². The van der Waals surface area contributed by atoms with Crippen molar-refractivity contribution >= 4 is 46.7 Å². The molecule has 0 radical (unpaired) electrons. The molecule has 0 saturated carbocycles. The minimum Gasteiger partial charge on any atom is -0.463 e. The lowest BCUT2D eigenvalue weighted by molar-refractivity contribution is -0.256. The number of amides is 1. The minimum atomic E-state index is -1.40. The van der Waals surface area contributed by atoms with Gasteiger partial charge in [0.1, 0.15) is 12.7 Å². The number of hydrogen-bond donors (Lipinski definition) is 1. The zero-order valence-electron chi connectivity index (χ0n) is 17.7. The highest BCUT2D eigenvalue weighted by Gasteiger charge is 2.52. The van der Waals surface area contributed by atoms with E-state index >= 15 is 0 Å². The number of thioether (sulfide) groups is 1. The Kier molecular flexibility index (Phi) is 10.4. The predicted molar refractivity (Wildman–Crippen MR) is 103 cm³/mol. The van der Waals surface area contributed by atoms with Crippen LogP contribution in [0.15, 0.2) is 0 Å². The van der Waals surface area contributed by atoms with Gasteiger partial charge in [-0.25, -0.2) is 0 Å². The smallest absolute Gasteiger partial charge is 0.303 e. The molecule has 1 N–H and O–H groups in total. The highest BCUT2D eigenvalue weighted by atomic mass is 32.2. The van der Waals surface area contributed by atoms with Crippen LogP contribution < -0.4 is 5.32 Å². The summed E-state index contributed by atoms with van der Waals surface area (Å²) in [6.45, 7) is 5.29. The number of carbonyl (C=O) groups is 6. The molecule has 1 aliphatic heterocycles. The van der Waals surface area contributed by atoms with Crippen LogP contribution in [0.5, 0.6) is 0 Å². The van der Waals surface area contributed by atoms with Gasteiger partial charge in [0.25, 0.3) is 0 Å². The van der Waals surface area contributed by atoms with Crippen LogP contribution in [0.2, 0.25) is 0 Å². The van der Waals surface area contributed by atoms with Crippen molar-refractivity contribution in [1.82, 2.24) is 5.32 Å². The fourth-order valence-electron chi connectivity index (χ4n) is 2.71. The molecule has 12 nitrogen and oxygen atoms in total. The molecule has 5 atom stereocenters. The maximum absolute atomic E-state index is 12.2. The van der Waals surface area contributed by atoms with Gasteiger partial charge in [0, 0.05) is 34.6 Å². The Bertz CT molecular complexity index is 725. The summed E-state index contributed by atoms with van der Waals surface area (Å²) in [5, 5.41) is 2.15. The molecule has 1 aliphatic rings. The molecule has 1 heterocycles. The topological polar surface area (TPSA) is 161 Å². The van der Waals surface area contributed by atoms with Gasteiger partial charge in [0.15, 0.2) is 29.7 Å². The van der Waals surface area contributed by atoms with E-state index in [1.54, 1.807) is 0 Å². The highest BCUT2D eigenvalue weighted by Crippen LogP contribution is 2.28. The van der Waals surface area contributed by atoms with E-state index < -0.39 is 67.0 Å². The van der Waals surface area contributed by atoms with Crippen LogP contribution in [0, 0.1) is 0 Å². The molecular weight excluding hydrogens is 438 g/mol. The molecule has 1 rings (SSSR count). The Morgan fingerprint density at radius 2 is 1.29 bits per heavy atom. The van der Waals surface area contributed by atoms with Crippen molar-refractivity contribution in [2.75, 3.05) is 12.4 Å². The number of ether oxygens (including phenoxy) is 5. The molecular formula is C18H25NO11S. The molecule has 174 valence electrons. The normalized spacial score (nSPS) is 25.0. The minimum absolute atomic E-state index is 0.248. The maximum Gasteiger partial charge on any atom is 0.303 e. The van der Waals surface area contributed by atoms with Crippen LogP contribution in [0.1, 0.15) is 34.6 Å². The fraction of sp³-hybridized carbons (Fsp3) is 0.667. The lowest BCUT2D eigenvalue weighted by Gasteiger charge is -2.44. The van der Waals surface area contributed by atoms with Crippen LogP contribution in [0.4, 0.5) is 0 Å². The van der Waals surface area contributed by atoms with Crippen molar-refractivity contribution in [1.29, 1.82) is 0 Å². The van der Waals surface area contributed by atoms with Gasteiger partial charge in [-0.1, -0.05) is 11.8 Å². The van der Waals surface area contributed by atoms with Gasteiger partial charge < -0.3 is 29.0 Å². The standard InChI is InChI=1S/C18H25NO11S/c1-8(20)26-6-13-15(27-9(2)21)16(28-10(3)22)17(29-11(4)23)18(30-13)19-14(25)7-31-12(5)24/h13,15-18H,6-7H2,1-5H3,(H,19,25)/t13-,15+,16+,17-,18-/m1/s1.